The number of rotatable bonds is 6. The van der Waals surface area contributed by atoms with Gasteiger partial charge in [-0.3, -0.25) is 14.4 Å². The van der Waals surface area contributed by atoms with E-state index in [1.807, 2.05) is 48.9 Å². The van der Waals surface area contributed by atoms with Crippen LogP contribution in [0.4, 0.5) is 5.13 Å². The second-order valence-corrected chi connectivity index (χ2v) is 9.61. The first kappa shape index (κ1) is 21.4. The normalized spacial score (nSPS) is 11.7. The average molecular weight is 459 g/mol. The van der Waals surface area contributed by atoms with E-state index in [4.69, 9.17) is 9.40 Å². The molecule has 2 aromatic carbocycles. The van der Waals surface area contributed by atoms with E-state index in [-0.39, 0.29) is 5.91 Å². The Hall–Kier alpha value is -3.45. The number of hydrogen-bond donors (Lipinski definition) is 0. The molecular formula is C26H26N4O2S. The van der Waals surface area contributed by atoms with Crippen molar-refractivity contribution >= 4 is 43.6 Å². The fourth-order valence-electron chi connectivity index (χ4n) is 4.14. The molecule has 0 aliphatic heterocycles. The quantitative estimate of drug-likeness (QED) is 0.298. The van der Waals surface area contributed by atoms with E-state index in [1.54, 1.807) is 11.0 Å². The summed E-state index contributed by atoms with van der Waals surface area (Å²) in [6, 6.07) is 17.7. The molecule has 5 aromatic rings. The number of furan rings is 1. The molecule has 0 saturated carbocycles. The van der Waals surface area contributed by atoms with Gasteiger partial charge in [-0.25, -0.2) is 4.98 Å². The maximum absolute atomic E-state index is 13.7. The van der Waals surface area contributed by atoms with E-state index in [0.29, 0.717) is 35.5 Å². The molecule has 0 spiro atoms. The predicted octanol–water partition coefficient (Wildman–Crippen LogP) is 6.33. The minimum Gasteiger partial charge on any atom is -0.451 e. The predicted molar refractivity (Wildman–Crippen MR) is 133 cm³/mol. The van der Waals surface area contributed by atoms with Crippen LogP contribution in [-0.4, -0.2) is 27.2 Å². The summed E-state index contributed by atoms with van der Waals surface area (Å²) < 4.78 is 8.92. The molecule has 0 radical (unpaired) electrons. The van der Waals surface area contributed by atoms with Crippen molar-refractivity contribution < 1.29 is 9.21 Å². The molecule has 0 N–H and O–H groups in total. The molecule has 0 aliphatic carbocycles. The molecule has 0 saturated heterocycles. The highest BCUT2D eigenvalue weighted by molar-refractivity contribution is 7.22. The number of carbonyl (C=O) groups excluding carboxylic acids is 1. The van der Waals surface area contributed by atoms with Gasteiger partial charge in [0.15, 0.2) is 10.9 Å². The minimum atomic E-state index is -0.196. The molecule has 6 nitrogen and oxygen atoms in total. The fraction of sp³-hybridized carbons (Fsp3) is 0.269. The van der Waals surface area contributed by atoms with Gasteiger partial charge in [0, 0.05) is 17.6 Å². The molecule has 5 rings (SSSR count). The standard InChI is InChI=1S/C26H26N4O2S/c1-16(2)20-9-7-11-23-24(20)27-26(33-23)29(12-13-30-18(4)14-17(3)28-30)25(31)22-15-19-8-5-6-10-21(19)32-22/h5-11,14-16H,12-13H2,1-4H3. The number of anilines is 1. The minimum absolute atomic E-state index is 0.196. The number of fused-ring (bicyclic) bond motifs is 2. The molecular weight excluding hydrogens is 432 g/mol. The van der Waals surface area contributed by atoms with Crippen LogP contribution in [0.3, 0.4) is 0 Å². The lowest BCUT2D eigenvalue weighted by molar-refractivity contribution is 0.0961. The van der Waals surface area contributed by atoms with E-state index in [1.165, 1.54) is 16.9 Å². The third kappa shape index (κ3) is 4.04. The van der Waals surface area contributed by atoms with E-state index < -0.39 is 0 Å². The van der Waals surface area contributed by atoms with Gasteiger partial charge in [-0.1, -0.05) is 55.5 Å². The van der Waals surface area contributed by atoms with Gasteiger partial charge in [0.25, 0.3) is 5.91 Å². The number of hydrogen-bond acceptors (Lipinski definition) is 5. The van der Waals surface area contributed by atoms with Crippen LogP contribution >= 0.6 is 11.3 Å². The molecule has 0 bridgehead atoms. The zero-order valence-electron chi connectivity index (χ0n) is 19.2. The fourth-order valence-corrected chi connectivity index (χ4v) is 5.16. The van der Waals surface area contributed by atoms with Crippen LogP contribution in [0.15, 0.2) is 59.0 Å². The van der Waals surface area contributed by atoms with Gasteiger partial charge in [0.1, 0.15) is 5.58 Å². The molecule has 0 unspecified atom stereocenters. The van der Waals surface area contributed by atoms with Gasteiger partial charge in [0.2, 0.25) is 0 Å². The summed E-state index contributed by atoms with van der Waals surface area (Å²) >= 11 is 1.53. The van der Waals surface area contributed by atoms with Gasteiger partial charge in [-0.2, -0.15) is 5.10 Å². The van der Waals surface area contributed by atoms with Crippen LogP contribution in [0.2, 0.25) is 0 Å². The monoisotopic (exact) mass is 458 g/mol. The number of aromatic nitrogens is 3. The van der Waals surface area contributed by atoms with Crippen molar-refractivity contribution in [3.8, 4) is 0 Å². The molecule has 0 atom stereocenters. The Labute approximate surface area is 196 Å². The molecule has 168 valence electrons. The van der Waals surface area contributed by atoms with E-state index in [0.717, 1.165) is 27.0 Å². The Bertz CT molecular complexity index is 1430. The number of nitrogens with zero attached hydrogens (tertiary/aromatic N) is 4. The van der Waals surface area contributed by atoms with E-state index >= 15 is 0 Å². The summed E-state index contributed by atoms with van der Waals surface area (Å²) in [5, 5.41) is 6.14. The highest BCUT2D eigenvalue weighted by Crippen LogP contribution is 2.34. The van der Waals surface area contributed by atoms with Crippen LogP contribution in [0.1, 0.15) is 47.3 Å². The third-order valence-corrected chi connectivity index (χ3v) is 6.86. The van der Waals surface area contributed by atoms with Crippen LogP contribution < -0.4 is 4.90 Å². The Morgan fingerprint density at radius 3 is 2.67 bits per heavy atom. The van der Waals surface area contributed by atoms with Gasteiger partial charge >= 0.3 is 0 Å². The zero-order valence-corrected chi connectivity index (χ0v) is 20.0. The summed E-state index contributed by atoms with van der Waals surface area (Å²) in [6.07, 6.45) is 0. The summed E-state index contributed by atoms with van der Waals surface area (Å²) in [5.41, 5.74) is 4.87. The van der Waals surface area contributed by atoms with E-state index in [2.05, 4.69) is 37.1 Å². The van der Waals surface area contributed by atoms with Crippen molar-refractivity contribution in [1.29, 1.82) is 0 Å². The first-order valence-corrected chi connectivity index (χ1v) is 11.9. The second-order valence-electron chi connectivity index (χ2n) is 8.60. The largest absolute Gasteiger partial charge is 0.451 e. The Morgan fingerprint density at radius 1 is 1.12 bits per heavy atom. The van der Waals surface area contributed by atoms with E-state index in [9.17, 15) is 4.79 Å². The van der Waals surface area contributed by atoms with Crippen molar-refractivity contribution in [3.05, 3.63) is 77.3 Å². The lowest BCUT2D eigenvalue weighted by Crippen LogP contribution is -2.34. The molecule has 1 amide bonds. The van der Waals surface area contributed by atoms with Gasteiger partial charge in [-0.05, 0) is 49.6 Å². The van der Waals surface area contributed by atoms with Crippen LogP contribution in [0, 0.1) is 13.8 Å². The van der Waals surface area contributed by atoms with Crippen molar-refractivity contribution in [2.24, 2.45) is 0 Å². The molecule has 0 aliphatic rings. The van der Waals surface area contributed by atoms with Crippen molar-refractivity contribution in [2.45, 2.75) is 40.2 Å². The molecule has 33 heavy (non-hydrogen) atoms. The summed E-state index contributed by atoms with van der Waals surface area (Å²) in [6.45, 7) is 9.33. The molecule has 3 heterocycles. The van der Waals surface area contributed by atoms with Gasteiger partial charge < -0.3 is 4.42 Å². The summed E-state index contributed by atoms with van der Waals surface area (Å²) in [5.74, 6) is 0.462. The van der Waals surface area contributed by atoms with Crippen molar-refractivity contribution in [1.82, 2.24) is 14.8 Å². The third-order valence-electron chi connectivity index (χ3n) is 5.81. The Kier molecular flexibility index (Phi) is 5.50. The first-order valence-electron chi connectivity index (χ1n) is 11.1. The number of aryl methyl sites for hydroxylation is 2. The number of para-hydroxylation sites is 2. The number of carbonyl (C=O) groups is 1. The maximum Gasteiger partial charge on any atom is 0.295 e. The van der Waals surface area contributed by atoms with Gasteiger partial charge in [0.05, 0.1) is 22.5 Å². The van der Waals surface area contributed by atoms with Crippen molar-refractivity contribution in [3.63, 3.8) is 0 Å². The lowest BCUT2D eigenvalue weighted by atomic mass is 10.0. The number of thiazole rings is 1. The lowest BCUT2D eigenvalue weighted by Gasteiger charge is -2.19. The maximum atomic E-state index is 13.7. The smallest absolute Gasteiger partial charge is 0.295 e. The number of benzene rings is 2. The number of amides is 1. The van der Waals surface area contributed by atoms with Crippen LogP contribution in [-0.2, 0) is 6.54 Å². The topological polar surface area (TPSA) is 64.2 Å². The highest BCUT2D eigenvalue weighted by Gasteiger charge is 2.25. The molecule has 0 fully saturated rings. The van der Waals surface area contributed by atoms with Crippen LogP contribution in [0.5, 0.6) is 0 Å². The summed E-state index contributed by atoms with van der Waals surface area (Å²) in [7, 11) is 0. The summed E-state index contributed by atoms with van der Waals surface area (Å²) in [4.78, 5) is 20.3. The highest BCUT2D eigenvalue weighted by atomic mass is 32.1. The first-order chi connectivity index (χ1) is 15.9. The molecule has 7 heteroatoms. The Morgan fingerprint density at radius 2 is 1.94 bits per heavy atom. The average Bonchev–Trinajstić information content (AvgIpc) is 3.49. The zero-order chi connectivity index (χ0) is 23.1. The van der Waals surface area contributed by atoms with Gasteiger partial charge in [-0.15, -0.1) is 0 Å². The SMILES string of the molecule is Cc1cc(C)n(CCN(C(=O)c2cc3ccccc3o2)c2nc3c(C(C)C)cccc3s2)n1. The second kappa shape index (κ2) is 8.48. The van der Waals surface area contributed by atoms with Crippen LogP contribution in [0.25, 0.3) is 21.2 Å². The van der Waals surface area contributed by atoms with Crippen molar-refractivity contribution in [2.75, 3.05) is 11.4 Å². The Balaban J connectivity index is 1.55. The molecule has 3 aromatic heterocycles.